The number of nitriles is 1. The number of nitrogens with two attached hydrogens (primary N) is 1. The third-order valence-electron chi connectivity index (χ3n) is 1.97. The lowest BCUT2D eigenvalue weighted by atomic mass is 10.1. The van der Waals surface area contributed by atoms with Gasteiger partial charge < -0.3 is 10.6 Å². The summed E-state index contributed by atoms with van der Waals surface area (Å²) in [7, 11) is 3.85. The lowest BCUT2D eigenvalue weighted by Crippen LogP contribution is -2.11. The van der Waals surface area contributed by atoms with Crippen LogP contribution in [-0.4, -0.2) is 14.1 Å². The number of rotatable bonds is 2. The monoisotopic (exact) mass is 209 g/mol. The van der Waals surface area contributed by atoms with Crippen LogP contribution in [0, 0.1) is 11.3 Å². The first-order chi connectivity index (χ1) is 6.56. The topological polar surface area (TPSA) is 53.0 Å². The first-order valence-corrected chi connectivity index (χ1v) is 4.56. The van der Waals surface area contributed by atoms with Crippen LogP contribution in [-0.2, 0) is 0 Å². The SMILES string of the molecule is CN(C)c1ccc([C@@H](N)C#N)c(Cl)c1. The molecule has 0 aromatic heterocycles. The van der Waals surface area contributed by atoms with Crippen molar-refractivity contribution in [3.8, 4) is 6.07 Å². The molecule has 0 fully saturated rings. The van der Waals surface area contributed by atoms with Gasteiger partial charge in [-0.2, -0.15) is 5.26 Å². The predicted molar refractivity (Wildman–Crippen MR) is 58.3 cm³/mol. The third-order valence-corrected chi connectivity index (χ3v) is 2.30. The molecule has 4 heteroatoms. The smallest absolute Gasteiger partial charge is 0.120 e. The van der Waals surface area contributed by atoms with Gasteiger partial charge in [0.15, 0.2) is 0 Å². The molecule has 1 aromatic rings. The van der Waals surface area contributed by atoms with E-state index in [9.17, 15) is 0 Å². The molecule has 1 atom stereocenters. The zero-order valence-electron chi connectivity index (χ0n) is 8.16. The Morgan fingerprint density at radius 3 is 2.57 bits per heavy atom. The number of anilines is 1. The molecular weight excluding hydrogens is 198 g/mol. The van der Waals surface area contributed by atoms with Crippen LogP contribution in [0.1, 0.15) is 11.6 Å². The third kappa shape index (κ3) is 2.16. The molecule has 0 amide bonds. The fourth-order valence-electron chi connectivity index (χ4n) is 1.12. The van der Waals surface area contributed by atoms with Crippen molar-refractivity contribution in [1.29, 1.82) is 5.26 Å². The molecule has 1 rings (SSSR count). The standard InChI is InChI=1S/C10H12ClN3/c1-14(2)7-3-4-8(9(11)5-7)10(13)6-12/h3-5,10H,13H2,1-2H3/t10-/m0/s1. The van der Waals surface area contributed by atoms with Crippen molar-refractivity contribution in [2.75, 3.05) is 19.0 Å². The highest BCUT2D eigenvalue weighted by Crippen LogP contribution is 2.25. The Kier molecular flexibility index (Phi) is 3.34. The molecule has 3 nitrogen and oxygen atoms in total. The molecule has 0 saturated carbocycles. The Morgan fingerprint density at radius 1 is 1.50 bits per heavy atom. The van der Waals surface area contributed by atoms with E-state index in [1.807, 2.05) is 31.1 Å². The highest BCUT2D eigenvalue weighted by Gasteiger charge is 2.09. The molecule has 0 aliphatic carbocycles. The van der Waals surface area contributed by atoms with Crippen molar-refractivity contribution in [2.45, 2.75) is 6.04 Å². The summed E-state index contributed by atoms with van der Waals surface area (Å²) in [6.07, 6.45) is 0. The first kappa shape index (κ1) is 10.8. The van der Waals surface area contributed by atoms with E-state index in [-0.39, 0.29) is 0 Å². The second-order valence-electron chi connectivity index (χ2n) is 3.21. The summed E-state index contributed by atoms with van der Waals surface area (Å²) in [4.78, 5) is 1.94. The summed E-state index contributed by atoms with van der Waals surface area (Å²) in [5, 5.41) is 9.18. The molecule has 0 aliphatic heterocycles. The number of hydrogen-bond donors (Lipinski definition) is 1. The highest BCUT2D eigenvalue weighted by atomic mass is 35.5. The van der Waals surface area contributed by atoms with Crippen LogP contribution in [0.4, 0.5) is 5.69 Å². The average molecular weight is 210 g/mol. The Bertz CT molecular complexity index is 368. The summed E-state index contributed by atoms with van der Waals surface area (Å²) < 4.78 is 0. The fraction of sp³-hybridized carbons (Fsp3) is 0.300. The Balaban J connectivity index is 3.09. The number of halogens is 1. The minimum Gasteiger partial charge on any atom is -0.378 e. The van der Waals surface area contributed by atoms with Gasteiger partial charge in [0.25, 0.3) is 0 Å². The number of hydrogen-bond acceptors (Lipinski definition) is 3. The second-order valence-corrected chi connectivity index (χ2v) is 3.61. The highest BCUT2D eigenvalue weighted by molar-refractivity contribution is 6.31. The van der Waals surface area contributed by atoms with Crippen LogP contribution in [0.5, 0.6) is 0 Å². The molecule has 1 aromatic carbocycles. The van der Waals surface area contributed by atoms with E-state index in [0.717, 1.165) is 5.69 Å². The lowest BCUT2D eigenvalue weighted by molar-refractivity contribution is 0.925. The largest absolute Gasteiger partial charge is 0.378 e. The minimum atomic E-state index is -0.654. The van der Waals surface area contributed by atoms with E-state index in [4.69, 9.17) is 22.6 Å². The molecular formula is C10H12ClN3. The maximum absolute atomic E-state index is 8.65. The number of nitrogens with zero attached hydrogens (tertiary/aromatic N) is 2. The summed E-state index contributed by atoms with van der Waals surface area (Å²) in [6, 6.07) is 6.77. The summed E-state index contributed by atoms with van der Waals surface area (Å²) in [6.45, 7) is 0. The van der Waals surface area contributed by atoms with Crippen LogP contribution in [0.25, 0.3) is 0 Å². The van der Waals surface area contributed by atoms with Gasteiger partial charge in [-0.3, -0.25) is 0 Å². The summed E-state index contributed by atoms with van der Waals surface area (Å²) >= 11 is 5.99. The van der Waals surface area contributed by atoms with Gasteiger partial charge in [0.05, 0.1) is 6.07 Å². The van der Waals surface area contributed by atoms with Crippen molar-refractivity contribution in [3.63, 3.8) is 0 Å². The van der Waals surface area contributed by atoms with E-state index >= 15 is 0 Å². The van der Waals surface area contributed by atoms with Crippen LogP contribution in [0.15, 0.2) is 18.2 Å². The van der Waals surface area contributed by atoms with Crippen LogP contribution >= 0.6 is 11.6 Å². The summed E-state index contributed by atoms with van der Waals surface area (Å²) in [5.41, 5.74) is 7.22. The van der Waals surface area contributed by atoms with Crippen molar-refractivity contribution < 1.29 is 0 Å². The van der Waals surface area contributed by atoms with Crippen molar-refractivity contribution in [3.05, 3.63) is 28.8 Å². The minimum absolute atomic E-state index is 0.533. The molecule has 0 spiro atoms. The van der Waals surface area contributed by atoms with Crippen LogP contribution < -0.4 is 10.6 Å². The van der Waals surface area contributed by atoms with Crippen LogP contribution in [0.3, 0.4) is 0 Å². The van der Waals surface area contributed by atoms with Gasteiger partial charge in [-0.1, -0.05) is 17.7 Å². The van der Waals surface area contributed by atoms with Gasteiger partial charge in [0.2, 0.25) is 0 Å². The van der Waals surface area contributed by atoms with Gasteiger partial charge in [0, 0.05) is 30.4 Å². The van der Waals surface area contributed by atoms with E-state index < -0.39 is 6.04 Å². The van der Waals surface area contributed by atoms with Gasteiger partial charge in [0.1, 0.15) is 6.04 Å². The molecule has 0 heterocycles. The van der Waals surface area contributed by atoms with Gasteiger partial charge in [-0.15, -0.1) is 0 Å². The molecule has 74 valence electrons. The predicted octanol–water partition coefficient (Wildman–Crippen LogP) is 1.93. The number of benzene rings is 1. The summed E-state index contributed by atoms with van der Waals surface area (Å²) in [5.74, 6) is 0. The maximum atomic E-state index is 8.65. The Labute approximate surface area is 88.7 Å². The molecule has 0 saturated heterocycles. The van der Waals surface area contributed by atoms with E-state index in [1.54, 1.807) is 12.1 Å². The molecule has 0 radical (unpaired) electrons. The Morgan fingerprint density at radius 2 is 2.14 bits per heavy atom. The molecule has 0 bridgehead atoms. The van der Waals surface area contributed by atoms with Gasteiger partial charge in [-0.25, -0.2) is 0 Å². The van der Waals surface area contributed by atoms with Gasteiger partial charge >= 0.3 is 0 Å². The van der Waals surface area contributed by atoms with Crippen molar-refractivity contribution in [2.24, 2.45) is 5.73 Å². The zero-order valence-corrected chi connectivity index (χ0v) is 8.92. The van der Waals surface area contributed by atoms with Crippen LogP contribution in [0.2, 0.25) is 5.02 Å². The fourth-order valence-corrected chi connectivity index (χ4v) is 1.41. The van der Waals surface area contributed by atoms with Crippen molar-refractivity contribution in [1.82, 2.24) is 0 Å². The van der Waals surface area contributed by atoms with E-state index in [1.165, 1.54) is 0 Å². The normalized spacial score (nSPS) is 11.9. The molecule has 0 unspecified atom stereocenters. The van der Waals surface area contributed by atoms with E-state index in [0.29, 0.717) is 10.6 Å². The first-order valence-electron chi connectivity index (χ1n) is 4.18. The molecule has 14 heavy (non-hydrogen) atoms. The molecule has 2 N–H and O–H groups in total. The van der Waals surface area contributed by atoms with Gasteiger partial charge in [-0.05, 0) is 12.1 Å². The van der Waals surface area contributed by atoms with E-state index in [2.05, 4.69) is 0 Å². The Hall–Kier alpha value is -1.24. The quantitative estimate of drug-likeness (QED) is 0.810. The average Bonchev–Trinajstić information content (AvgIpc) is 2.16. The maximum Gasteiger partial charge on any atom is 0.120 e. The molecule has 0 aliphatic rings. The zero-order chi connectivity index (χ0) is 10.7. The lowest BCUT2D eigenvalue weighted by Gasteiger charge is -2.14. The second kappa shape index (κ2) is 4.32. The van der Waals surface area contributed by atoms with Crippen molar-refractivity contribution >= 4 is 17.3 Å².